The maximum Gasteiger partial charge on any atom is 0.326 e. The van der Waals surface area contributed by atoms with Crippen molar-refractivity contribution >= 4 is 23.7 Å². The Hall–Kier alpha value is -3.92. The van der Waals surface area contributed by atoms with E-state index in [1.54, 1.807) is 42.5 Å². The molecule has 3 atom stereocenters. The molecule has 0 aliphatic heterocycles. The number of aromatic hydroxyl groups is 1. The number of carbonyl (C=O) groups excluding carboxylic acids is 3. The molecule has 0 aliphatic carbocycles. The standard InChI is InChI=1S/C26H34N4O6/c1-16(2)12-20(27)24(33)28-15-23(32)29-21(13-18-8-10-19(31)11-9-18)25(34)30-22(26(35)36)14-17-6-4-3-5-7-17/h3-11,16,20-22,31H,12-15,27H2,1-2H3,(H,28,33)(H,29,32)(H,30,34)(H,35,36). The molecule has 0 radical (unpaired) electrons. The molecule has 10 nitrogen and oxygen atoms in total. The van der Waals surface area contributed by atoms with E-state index in [9.17, 15) is 29.4 Å². The number of carbonyl (C=O) groups is 4. The van der Waals surface area contributed by atoms with Crippen LogP contribution in [0, 0.1) is 5.92 Å². The topological polar surface area (TPSA) is 171 Å². The summed E-state index contributed by atoms with van der Waals surface area (Å²) < 4.78 is 0. The Kier molecular flexibility index (Phi) is 10.9. The molecule has 36 heavy (non-hydrogen) atoms. The van der Waals surface area contributed by atoms with Gasteiger partial charge < -0.3 is 31.9 Å². The van der Waals surface area contributed by atoms with Crippen molar-refractivity contribution in [1.29, 1.82) is 0 Å². The molecule has 7 N–H and O–H groups in total. The number of nitrogens with one attached hydrogen (secondary N) is 3. The third kappa shape index (κ3) is 9.75. The van der Waals surface area contributed by atoms with Crippen LogP contribution in [0.4, 0.5) is 0 Å². The zero-order valence-electron chi connectivity index (χ0n) is 20.4. The number of carboxylic acid groups (broad SMARTS) is 1. The monoisotopic (exact) mass is 498 g/mol. The molecule has 0 saturated heterocycles. The van der Waals surface area contributed by atoms with E-state index in [2.05, 4.69) is 16.0 Å². The highest BCUT2D eigenvalue weighted by Crippen LogP contribution is 2.12. The lowest BCUT2D eigenvalue weighted by molar-refractivity contribution is -0.142. The summed E-state index contributed by atoms with van der Waals surface area (Å²) in [7, 11) is 0. The molecule has 0 aliphatic rings. The quantitative estimate of drug-likeness (QED) is 0.236. The van der Waals surface area contributed by atoms with Gasteiger partial charge in [-0.3, -0.25) is 14.4 Å². The fourth-order valence-electron chi connectivity index (χ4n) is 3.56. The van der Waals surface area contributed by atoms with Crippen molar-refractivity contribution in [3.8, 4) is 5.75 Å². The van der Waals surface area contributed by atoms with Gasteiger partial charge in [-0.25, -0.2) is 4.79 Å². The van der Waals surface area contributed by atoms with Crippen molar-refractivity contribution in [3.05, 3.63) is 65.7 Å². The second-order valence-electron chi connectivity index (χ2n) is 9.03. The average molecular weight is 499 g/mol. The third-order valence-corrected chi connectivity index (χ3v) is 5.41. The van der Waals surface area contributed by atoms with Crippen molar-refractivity contribution in [2.75, 3.05) is 6.54 Å². The van der Waals surface area contributed by atoms with Crippen LogP contribution in [0.15, 0.2) is 54.6 Å². The minimum Gasteiger partial charge on any atom is -0.508 e. The first-order valence-corrected chi connectivity index (χ1v) is 11.7. The number of nitrogens with two attached hydrogens (primary N) is 1. The summed E-state index contributed by atoms with van der Waals surface area (Å²) >= 11 is 0. The number of amides is 3. The lowest BCUT2D eigenvalue weighted by Gasteiger charge is -2.22. The van der Waals surface area contributed by atoms with Gasteiger partial charge in [-0.15, -0.1) is 0 Å². The van der Waals surface area contributed by atoms with E-state index < -0.39 is 48.4 Å². The number of benzene rings is 2. The fraction of sp³-hybridized carbons (Fsp3) is 0.385. The van der Waals surface area contributed by atoms with Crippen molar-refractivity contribution in [2.45, 2.75) is 51.2 Å². The number of hydrogen-bond donors (Lipinski definition) is 6. The molecule has 2 rings (SSSR count). The normalized spacial score (nSPS) is 13.3. The molecular weight excluding hydrogens is 464 g/mol. The van der Waals surface area contributed by atoms with Crippen LogP contribution in [0.25, 0.3) is 0 Å². The molecule has 0 heterocycles. The van der Waals surface area contributed by atoms with E-state index in [1.165, 1.54) is 12.1 Å². The molecule has 0 fully saturated rings. The SMILES string of the molecule is CC(C)CC(N)C(=O)NCC(=O)NC(Cc1ccc(O)cc1)C(=O)NC(Cc1ccccc1)C(=O)O. The Morgan fingerprint density at radius 3 is 2.00 bits per heavy atom. The maximum absolute atomic E-state index is 13.1. The maximum atomic E-state index is 13.1. The number of aliphatic carboxylic acids is 1. The highest BCUT2D eigenvalue weighted by atomic mass is 16.4. The number of rotatable bonds is 13. The number of hydrogen-bond acceptors (Lipinski definition) is 6. The van der Waals surface area contributed by atoms with Crippen molar-refractivity contribution in [2.24, 2.45) is 11.7 Å². The molecule has 0 saturated carbocycles. The van der Waals surface area contributed by atoms with E-state index in [0.29, 0.717) is 12.0 Å². The predicted octanol–water partition coefficient (Wildman–Crippen LogP) is 0.721. The Morgan fingerprint density at radius 1 is 0.833 bits per heavy atom. The van der Waals surface area contributed by atoms with Gasteiger partial charge in [-0.2, -0.15) is 0 Å². The third-order valence-electron chi connectivity index (χ3n) is 5.41. The molecule has 3 amide bonds. The first kappa shape index (κ1) is 28.3. The molecule has 0 aromatic heterocycles. The molecule has 194 valence electrons. The van der Waals surface area contributed by atoms with Crippen molar-refractivity contribution in [3.63, 3.8) is 0 Å². The van der Waals surface area contributed by atoms with Crippen molar-refractivity contribution < 1.29 is 29.4 Å². The highest BCUT2D eigenvalue weighted by Gasteiger charge is 2.27. The first-order chi connectivity index (χ1) is 17.0. The van der Waals surface area contributed by atoms with Gasteiger partial charge in [0.1, 0.15) is 17.8 Å². The van der Waals surface area contributed by atoms with Crippen LogP contribution in [0.5, 0.6) is 5.75 Å². The van der Waals surface area contributed by atoms with E-state index in [1.807, 2.05) is 13.8 Å². The van der Waals surface area contributed by atoms with Crippen LogP contribution in [0.2, 0.25) is 0 Å². The van der Waals surface area contributed by atoms with Crippen LogP contribution >= 0.6 is 0 Å². The average Bonchev–Trinajstić information content (AvgIpc) is 2.83. The van der Waals surface area contributed by atoms with Crippen LogP contribution in [0.1, 0.15) is 31.4 Å². The summed E-state index contributed by atoms with van der Waals surface area (Å²) in [4.78, 5) is 49.6. The predicted molar refractivity (Wildman–Crippen MR) is 134 cm³/mol. The minimum atomic E-state index is -1.21. The first-order valence-electron chi connectivity index (χ1n) is 11.7. The highest BCUT2D eigenvalue weighted by molar-refractivity contribution is 5.92. The number of phenols is 1. The summed E-state index contributed by atoms with van der Waals surface area (Å²) in [5, 5.41) is 26.7. The zero-order chi connectivity index (χ0) is 26.7. The molecule has 2 aromatic rings. The van der Waals surface area contributed by atoms with Gasteiger partial charge in [0.15, 0.2) is 0 Å². The lowest BCUT2D eigenvalue weighted by Crippen LogP contribution is -2.54. The van der Waals surface area contributed by atoms with Gasteiger partial charge in [-0.1, -0.05) is 56.3 Å². The molecule has 3 unspecified atom stereocenters. The van der Waals surface area contributed by atoms with Crippen molar-refractivity contribution in [1.82, 2.24) is 16.0 Å². The van der Waals surface area contributed by atoms with E-state index >= 15 is 0 Å². The molecule has 2 aromatic carbocycles. The Labute approximate surface area is 210 Å². The minimum absolute atomic E-state index is 0.0380. The lowest BCUT2D eigenvalue weighted by atomic mass is 10.0. The fourth-order valence-corrected chi connectivity index (χ4v) is 3.56. The van der Waals surface area contributed by atoms with E-state index in [4.69, 9.17) is 5.73 Å². The van der Waals surface area contributed by atoms with Gasteiger partial charge in [0.2, 0.25) is 17.7 Å². The number of phenolic OH excluding ortho intramolecular Hbond substituents is 1. The van der Waals surface area contributed by atoms with Crippen LogP contribution < -0.4 is 21.7 Å². The molecular formula is C26H34N4O6. The van der Waals surface area contributed by atoms with Gasteiger partial charge in [0.25, 0.3) is 0 Å². The summed E-state index contributed by atoms with van der Waals surface area (Å²) in [6.45, 7) is 3.46. The second kappa shape index (κ2) is 13.8. The summed E-state index contributed by atoms with van der Waals surface area (Å²) in [6, 6.07) is 11.8. The van der Waals surface area contributed by atoms with Gasteiger partial charge >= 0.3 is 5.97 Å². The largest absolute Gasteiger partial charge is 0.508 e. The Balaban J connectivity index is 2.09. The summed E-state index contributed by atoms with van der Waals surface area (Å²) in [5.41, 5.74) is 7.19. The Bertz CT molecular complexity index is 1030. The van der Waals surface area contributed by atoms with Crippen LogP contribution in [-0.2, 0) is 32.0 Å². The van der Waals surface area contributed by atoms with Crippen LogP contribution in [-0.4, -0.2) is 58.6 Å². The van der Waals surface area contributed by atoms with Crippen LogP contribution in [0.3, 0.4) is 0 Å². The number of carboxylic acids is 1. The molecule has 0 spiro atoms. The van der Waals surface area contributed by atoms with Gasteiger partial charge in [0, 0.05) is 12.8 Å². The van der Waals surface area contributed by atoms with E-state index in [0.717, 1.165) is 5.56 Å². The molecule has 10 heteroatoms. The zero-order valence-corrected chi connectivity index (χ0v) is 20.4. The second-order valence-corrected chi connectivity index (χ2v) is 9.03. The van der Waals surface area contributed by atoms with Gasteiger partial charge in [0.05, 0.1) is 12.6 Å². The van der Waals surface area contributed by atoms with E-state index in [-0.39, 0.29) is 24.5 Å². The summed E-state index contributed by atoms with van der Waals surface area (Å²) in [6.07, 6.45) is 0.555. The molecule has 0 bridgehead atoms. The van der Waals surface area contributed by atoms with Gasteiger partial charge in [-0.05, 0) is 35.6 Å². The smallest absolute Gasteiger partial charge is 0.326 e. The summed E-state index contributed by atoms with van der Waals surface area (Å²) in [5.74, 6) is -2.77. The Morgan fingerprint density at radius 2 is 1.42 bits per heavy atom.